The van der Waals surface area contributed by atoms with Gasteiger partial charge in [-0.3, -0.25) is 0 Å². The summed E-state index contributed by atoms with van der Waals surface area (Å²) in [7, 11) is 0. The lowest BCUT2D eigenvalue weighted by atomic mass is 10.1. The molecule has 1 aromatic carbocycles. The molecule has 0 bridgehead atoms. The van der Waals surface area contributed by atoms with Gasteiger partial charge >= 0.3 is 6.18 Å². The third-order valence-electron chi connectivity index (χ3n) is 1.83. The van der Waals surface area contributed by atoms with Gasteiger partial charge in [0, 0.05) is 5.56 Å². The highest BCUT2D eigenvalue weighted by atomic mass is 19.4. The molecule has 5 heteroatoms. The number of halogens is 3. The summed E-state index contributed by atoms with van der Waals surface area (Å²) in [5.41, 5.74) is -0.627. The molecule has 16 heavy (non-hydrogen) atoms. The smallest absolute Gasteiger partial charge is 0.391 e. The number of nitrogens with zero attached hydrogens (tertiary/aromatic N) is 1. The van der Waals surface area contributed by atoms with Gasteiger partial charge in [0.05, 0.1) is 5.56 Å². The third kappa shape index (κ3) is 3.56. The first-order chi connectivity index (χ1) is 7.55. The molecule has 0 aliphatic rings. The topological polar surface area (TPSA) is 21.6 Å². The predicted octanol–water partition coefficient (Wildman–Crippen LogP) is 3.49. The standard InChI is InChI=1S/C11H11F3NO/c1-2-7-15-16-8-9-5-3-4-6-10(9)11(12,13)14/h3-6H,2,8H2,1H3. The summed E-state index contributed by atoms with van der Waals surface area (Å²) >= 11 is 0. The molecule has 0 aliphatic heterocycles. The van der Waals surface area contributed by atoms with Crippen molar-refractivity contribution in [1.29, 1.82) is 0 Å². The van der Waals surface area contributed by atoms with E-state index in [4.69, 9.17) is 4.84 Å². The van der Waals surface area contributed by atoms with E-state index in [1.54, 1.807) is 6.92 Å². The van der Waals surface area contributed by atoms with E-state index in [1.807, 2.05) is 0 Å². The van der Waals surface area contributed by atoms with Gasteiger partial charge in [-0.2, -0.15) is 13.2 Å². The Balaban J connectivity index is 2.76. The zero-order chi connectivity index (χ0) is 12.0. The Morgan fingerprint density at radius 1 is 1.31 bits per heavy atom. The van der Waals surface area contributed by atoms with Gasteiger partial charge in [-0.05, 0) is 12.5 Å². The Morgan fingerprint density at radius 2 is 2.00 bits per heavy atom. The van der Waals surface area contributed by atoms with E-state index in [0.29, 0.717) is 6.42 Å². The zero-order valence-electron chi connectivity index (χ0n) is 8.71. The van der Waals surface area contributed by atoms with Crippen molar-refractivity contribution in [2.24, 2.45) is 5.16 Å². The first-order valence-electron chi connectivity index (χ1n) is 4.75. The maximum absolute atomic E-state index is 12.5. The summed E-state index contributed by atoms with van der Waals surface area (Å²) in [6.07, 6.45) is -1.31. The number of hydrogen-bond donors (Lipinski definition) is 0. The molecule has 2 nitrogen and oxygen atoms in total. The van der Waals surface area contributed by atoms with Crippen molar-refractivity contribution in [2.45, 2.75) is 26.1 Å². The van der Waals surface area contributed by atoms with Crippen LogP contribution >= 0.6 is 0 Å². The van der Waals surface area contributed by atoms with Crippen LogP contribution in [0.5, 0.6) is 0 Å². The normalized spacial score (nSPS) is 12.0. The van der Waals surface area contributed by atoms with Crippen molar-refractivity contribution in [1.82, 2.24) is 0 Å². The second-order valence-corrected chi connectivity index (χ2v) is 3.03. The highest BCUT2D eigenvalue weighted by Gasteiger charge is 2.32. The van der Waals surface area contributed by atoms with Crippen molar-refractivity contribution in [2.75, 3.05) is 0 Å². The lowest BCUT2D eigenvalue weighted by Gasteiger charge is -2.11. The monoisotopic (exact) mass is 230 g/mol. The van der Waals surface area contributed by atoms with E-state index in [-0.39, 0.29) is 12.2 Å². The van der Waals surface area contributed by atoms with Crippen molar-refractivity contribution in [3.8, 4) is 0 Å². The second-order valence-electron chi connectivity index (χ2n) is 3.03. The van der Waals surface area contributed by atoms with Gasteiger partial charge < -0.3 is 4.84 Å². The Kier molecular flexibility index (Phi) is 4.34. The van der Waals surface area contributed by atoms with E-state index in [0.717, 1.165) is 6.07 Å². The van der Waals surface area contributed by atoms with Crippen LogP contribution in [0.1, 0.15) is 24.5 Å². The van der Waals surface area contributed by atoms with Crippen LogP contribution in [-0.4, -0.2) is 6.21 Å². The van der Waals surface area contributed by atoms with Gasteiger partial charge in [0.25, 0.3) is 0 Å². The molecule has 0 saturated carbocycles. The second kappa shape index (κ2) is 5.53. The molecule has 1 radical (unpaired) electrons. The van der Waals surface area contributed by atoms with E-state index in [1.165, 1.54) is 18.2 Å². The molecule has 0 atom stereocenters. The minimum atomic E-state index is -4.36. The molecule has 0 unspecified atom stereocenters. The third-order valence-corrected chi connectivity index (χ3v) is 1.83. The lowest BCUT2D eigenvalue weighted by Crippen LogP contribution is -2.09. The average molecular weight is 230 g/mol. The van der Waals surface area contributed by atoms with Gasteiger partial charge in [0.2, 0.25) is 0 Å². The minimum absolute atomic E-state index is 0.0663. The van der Waals surface area contributed by atoms with E-state index in [9.17, 15) is 13.2 Å². The number of benzene rings is 1. The minimum Gasteiger partial charge on any atom is -0.391 e. The highest BCUT2D eigenvalue weighted by molar-refractivity contribution is 5.55. The Labute approximate surface area is 91.7 Å². The van der Waals surface area contributed by atoms with Crippen LogP contribution in [-0.2, 0) is 17.6 Å². The van der Waals surface area contributed by atoms with E-state index < -0.39 is 11.7 Å². The van der Waals surface area contributed by atoms with Gasteiger partial charge in [-0.15, -0.1) is 0 Å². The summed E-state index contributed by atoms with van der Waals surface area (Å²) in [6.45, 7) is 1.60. The van der Waals surface area contributed by atoms with Crippen LogP contribution in [0.25, 0.3) is 0 Å². The van der Waals surface area contributed by atoms with Gasteiger partial charge in [-0.1, -0.05) is 30.3 Å². The summed E-state index contributed by atoms with van der Waals surface area (Å²) < 4.78 is 37.6. The van der Waals surface area contributed by atoms with Crippen molar-refractivity contribution in [3.05, 3.63) is 35.4 Å². The number of hydrogen-bond acceptors (Lipinski definition) is 2. The number of alkyl halides is 3. The van der Waals surface area contributed by atoms with E-state index in [2.05, 4.69) is 11.4 Å². The van der Waals surface area contributed by atoms with Crippen LogP contribution in [0.3, 0.4) is 0 Å². The molecule has 0 aromatic heterocycles. The highest BCUT2D eigenvalue weighted by Crippen LogP contribution is 2.32. The lowest BCUT2D eigenvalue weighted by molar-refractivity contribution is -0.138. The molecule has 0 fully saturated rings. The molecule has 0 N–H and O–H groups in total. The molecule has 87 valence electrons. The summed E-state index contributed by atoms with van der Waals surface area (Å²) in [4.78, 5) is 4.71. The fourth-order valence-electron chi connectivity index (χ4n) is 1.13. The molecule has 1 rings (SSSR count). The van der Waals surface area contributed by atoms with Gasteiger partial charge in [-0.25, -0.2) is 0 Å². The van der Waals surface area contributed by atoms with Crippen molar-refractivity contribution >= 4 is 6.21 Å². The maximum atomic E-state index is 12.5. The van der Waals surface area contributed by atoms with E-state index >= 15 is 0 Å². The van der Waals surface area contributed by atoms with Crippen LogP contribution in [0.15, 0.2) is 29.4 Å². The summed E-state index contributed by atoms with van der Waals surface area (Å²) in [5, 5.41) is 3.39. The fraction of sp³-hybridized carbons (Fsp3) is 0.364. The van der Waals surface area contributed by atoms with Crippen molar-refractivity contribution in [3.63, 3.8) is 0 Å². The molecular formula is C11H11F3NO. The fourth-order valence-corrected chi connectivity index (χ4v) is 1.13. The van der Waals surface area contributed by atoms with Crippen LogP contribution < -0.4 is 0 Å². The molecular weight excluding hydrogens is 219 g/mol. The summed E-state index contributed by atoms with van der Waals surface area (Å²) in [5.74, 6) is 0. The Hall–Kier alpha value is -1.52. The quantitative estimate of drug-likeness (QED) is 0.573. The Bertz CT molecular complexity index is 360. The van der Waals surface area contributed by atoms with Crippen LogP contribution in [0.2, 0.25) is 0 Å². The van der Waals surface area contributed by atoms with Gasteiger partial charge in [0.15, 0.2) is 0 Å². The predicted molar refractivity (Wildman–Crippen MR) is 54.0 cm³/mol. The van der Waals surface area contributed by atoms with Crippen LogP contribution in [0.4, 0.5) is 13.2 Å². The first-order valence-corrected chi connectivity index (χ1v) is 4.75. The largest absolute Gasteiger partial charge is 0.416 e. The molecule has 0 aliphatic carbocycles. The maximum Gasteiger partial charge on any atom is 0.416 e. The van der Waals surface area contributed by atoms with Crippen LogP contribution in [0, 0.1) is 0 Å². The molecule has 1 aromatic rings. The zero-order valence-corrected chi connectivity index (χ0v) is 8.71. The first kappa shape index (κ1) is 12.5. The van der Waals surface area contributed by atoms with Crippen molar-refractivity contribution < 1.29 is 18.0 Å². The molecule has 0 spiro atoms. The summed E-state index contributed by atoms with van der Waals surface area (Å²) in [6, 6.07) is 5.26. The SMILES string of the molecule is CC/[C]=N\OCc1ccccc1C(F)(F)F. The molecule has 0 amide bonds. The molecule has 0 heterocycles. The van der Waals surface area contributed by atoms with Gasteiger partial charge in [0.1, 0.15) is 12.8 Å². The molecule has 0 saturated heterocycles. The number of rotatable bonds is 4. The average Bonchev–Trinajstić information content (AvgIpc) is 2.24. The Morgan fingerprint density at radius 3 is 2.62 bits per heavy atom.